The number of hydrogen-bond donors (Lipinski definition) is 1. The lowest BCUT2D eigenvalue weighted by molar-refractivity contribution is -0.121. The number of aryl methyl sites for hydroxylation is 1. The van der Waals surface area contributed by atoms with E-state index in [2.05, 4.69) is 10.3 Å². The SMILES string of the molecule is COCCCNC(=O)CN(C)S(=O)(=O)c1ncn(C)c1Cl. The molecule has 10 heteroatoms. The molecule has 0 radical (unpaired) electrons. The molecule has 1 rings (SSSR count). The number of carbonyl (C=O) groups excluding carboxylic acids is 1. The summed E-state index contributed by atoms with van der Waals surface area (Å²) in [5.41, 5.74) is 0. The van der Waals surface area contributed by atoms with Crippen LogP contribution in [0.3, 0.4) is 0 Å². The van der Waals surface area contributed by atoms with E-state index in [4.69, 9.17) is 16.3 Å². The van der Waals surface area contributed by atoms with E-state index in [-0.39, 0.29) is 16.7 Å². The third-order valence-corrected chi connectivity index (χ3v) is 5.00. The van der Waals surface area contributed by atoms with Crippen molar-refractivity contribution in [2.24, 2.45) is 7.05 Å². The standard InChI is InChI=1S/C11H19ClN4O4S/c1-15-8-14-11(10(15)12)21(18,19)16(2)7-9(17)13-5-4-6-20-3/h8H,4-7H2,1-3H3,(H,13,17). The molecule has 1 aromatic heterocycles. The Morgan fingerprint density at radius 1 is 1.57 bits per heavy atom. The van der Waals surface area contributed by atoms with Gasteiger partial charge >= 0.3 is 0 Å². The van der Waals surface area contributed by atoms with E-state index in [1.807, 2.05) is 0 Å². The van der Waals surface area contributed by atoms with Gasteiger partial charge in [-0.2, -0.15) is 4.31 Å². The van der Waals surface area contributed by atoms with Gasteiger partial charge in [0.2, 0.25) is 10.9 Å². The van der Waals surface area contributed by atoms with Gasteiger partial charge in [-0.05, 0) is 6.42 Å². The fraction of sp³-hybridized carbons (Fsp3) is 0.636. The highest BCUT2D eigenvalue weighted by atomic mass is 35.5. The number of halogens is 1. The average Bonchev–Trinajstić information content (AvgIpc) is 2.75. The summed E-state index contributed by atoms with van der Waals surface area (Å²) in [5, 5.41) is 2.35. The molecule has 0 fully saturated rings. The number of sulfonamides is 1. The summed E-state index contributed by atoms with van der Waals surface area (Å²) in [6.45, 7) is 0.644. The molecule has 21 heavy (non-hydrogen) atoms. The summed E-state index contributed by atoms with van der Waals surface area (Å²) in [6.07, 6.45) is 1.96. The van der Waals surface area contributed by atoms with Crippen LogP contribution in [0.4, 0.5) is 0 Å². The van der Waals surface area contributed by atoms with Crippen molar-refractivity contribution >= 4 is 27.5 Å². The van der Waals surface area contributed by atoms with Crippen LogP contribution in [0.2, 0.25) is 5.15 Å². The number of rotatable bonds is 8. The minimum atomic E-state index is -3.90. The van der Waals surface area contributed by atoms with Crippen LogP contribution in [0.5, 0.6) is 0 Å². The van der Waals surface area contributed by atoms with E-state index in [1.165, 1.54) is 17.9 Å². The number of carbonyl (C=O) groups is 1. The number of aromatic nitrogens is 2. The van der Waals surface area contributed by atoms with Crippen LogP contribution in [0.1, 0.15) is 6.42 Å². The first-order chi connectivity index (χ1) is 9.80. The minimum Gasteiger partial charge on any atom is -0.385 e. The Balaban J connectivity index is 2.64. The summed E-state index contributed by atoms with van der Waals surface area (Å²) in [5.74, 6) is -0.399. The van der Waals surface area contributed by atoms with Gasteiger partial charge < -0.3 is 14.6 Å². The van der Waals surface area contributed by atoms with Gasteiger partial charge in [0.15, 0.2) is 0 Å². The van der Waals surface area contributed by atoms with Crippen molar-refractivity contribution in [3.8, 4) is 0 Å². The van der Waals surface area contributed by atoms with Gasteiger partial charge in [-0.1, -0.05) is 11.6 Å². The van der Waals surface area contributed by atoms with Crippen molar-refractivity contribution in [3.63, 3.8) is 0 Å². The molecule has 1 N–H and O–H groups in total. The zero-order valence-electron chi connectivity index (χ0n) is 12.2. The number of hydrogen-bond acceptors (Lipinski definition) is 5. The maximum absolute atomic E-state index is 12.2. The predicted molar refractivity (Wildman–Crippen MR) is 77.5 cm³/mol. The van der Waals surface area contributed by atoms with Crippen molar-refractivity contribution in [3.05, 3.63) is 11.5 Å². The summed E-state index contributed by atoms with van der Waals surface area (Å²) in [4.78, 5) is 15.4. The van der Waals surface area contributed by atoms with Gasteiger partial charge in [0.05, 0.1) is 12.9 Å². The molecule has 0 atom stereocenters. The molecule has 8 nitrogen and oxygen atoms in total. The highest BCUT2D eigenvalue weighted by Crippen LogP contribution is 2.21. The molecule has 0 saturated heterocycles. The average molecular weight is 339 g/mol. The predicted octanol–water partition coefficient (Wildman–Crippen LogP) is -0.153. The number of likely N-dealkylation sites (N-methyl/N-ethyl adjacent to an activating group) is 1. The Morgan fingerprint density at radius 3 is 2.76 bits per heavy atom. The second-order valence-corrected chi connectivity index (χ2v) is 6.73. The molecule has 120 valence electrons. The van der Waals surface area contributed by atoms with Gasteiger partial charge in [-0.25, -0.2) is 13.4 Å². The molecule has 1 amide bonds. The zero-order chi connectivity index (χ0) is 16.0. The topological polar surface area (TPSA) is 93.5 Å². The van der Waals surface area contributed by atoms with Crippen LogP contribution in [0.15, 0.2) is 11.4 Å². The van der Waals surface area contributed by atoms with Crippen molar-refractivity contribution in [1.29, 1.82) is 0 Å². The molecular formula is C11H19ClN4O4S. The molecule has 0 spiro atoms. The second-order valence-electron chi connectivity index (χ2n) is 4.41. The Bertz CT molecular complexity index is 587. The lowest BCUT2D eigenvalue weighted by Crippen LogP contribution is -2.39. The molecule has 0 saturated carbocycles. The molecule has 0 unspecified atom stereocenters. The molecular weight excluding hydrogens is 320 g/mol. The first-order valence-electron chi connectivity index (χ1n) is 6.19. The largest absolute Gasteiger partial charge is 0.385 e. The van der Waals surface area contributed by atoms with Gasteiger partial charge in [0.1, 0.15) is 5.15 Å². The van der Waals surface area contributed by atoms with E-state index in [0.717, 1.165) is 4.31 Å². The first-order valence-corrected chi connectivity index (χ1v) is 8.01. The fourth-order valence-corrected chi connectivity index (χ4v) is 3.01. The summed E-state index contributed by atoms with van der Waals surface area (Å²) in [7, 11) is 0.554. The molecule has 0 aliphatic heterocycles. The van der Waals surface area contributed by atoms with Crippen LogP contribution in [0.25, 0.3) is 0 Å². The van der Waals surface area contributed by atoms with Gasteiger partial charge in [0.25, 0.3) is 10.0 Å². The van der Waals surface area contributed by atoms with Crippen LogP contribution >= 0.6 is 11.6 Å². The van der Waals surface area contributed by atoms with Crippen LogP contribution in [0, 0.1) is 0 Å². The summed E-state index contributed by atoms with van der Waals surface area (Å²) >= 11 is 5.87. The van der Waals surface area contributed by atoms with E-state index in [0.29, 0.717) is 19.6 Å². The Kier molecular flexibility index (Phi) is 6.59. The molecule has 1 aromatic rings. The van der Waals surface area contributed by atoms with Crippen LogP contribution in [-0.4, -0.2) is 62.0 Å². The first kappa shape index (κ1) is 17.9. The lowest BCUT2D eigenvalue weighted by atomic mass is 10.4. The molecule has 0 aliphatic rings. The van der Waals surface area contributed by atoms with E-state index < -0.39 is 15.9 Å². The Labute approximate surface area is 129 Å². The second kappa shape index (κ2) is 7.74. The quantitative estimate of drug-likeness (QED) is 0.665. The highest BCUT2D eigenvalue weighted by Gasteiger charge is 2.28. The number of nitrogens with zero attached hydrogens (tertiary/aromatic N) is 3. The van der Waals surface area contributed by atoms with Crippen molar-refractivity contribution in [1.82, 2.24) is 19.2 Å². The third kappa shape index (κ3) is 4.67. The highest BCUT2D eigenvalue weighted by molar-refractivity contribution is 7.89. The van der Waals surface area contributed by atoms with E-state index >= 15 is 0 Å². The third-order valence-electron chi connectivity index (χ3n) is 2.70. The van der Waals surface area contributed by atoms with Crippen molar-refractivity contribution in [2.75, 3.05) is 33.9 Å². The fourth-order valence-electron chi connectivity index (χ4n) is 1.50. The number of amides is 1. The number of ether oxygens (including phenoxy) is 1. The molecule has 1 heterocycles. The van der Waals surface area contributed by atoms with Gasteiger partial charge in [-0.15, -0.1) is 0 Å². The number of nitrogens with one attached hydrogen (secondary N) is 1. The number of imidazole rings is 1. The smallest absolute Gasteiger partial charge is 0.263 e. The monoisotopic (exact) mass is 338 g/mol. The molecule has 0 aliphatic carbocycles. The summed E-state index contributed by atoms with van der Waals surface area (Å²) < 4.78 is 31.6. The van der Waals surface area contributed by atoms with Gasteiger partial charge in [-0.3, -0.25) is 4.79 Å². The number of methoxy groups -OCH3 is 1. The maximum atomic E-state index is 12.2. The summed E-state index contributed by atoms with van der Waals surface area (Å²) in [6, 6.07) is 0. The molecule has 0 aromatic carbocycles. The van der Waals surface area contributed by atoms with Crippen LogP contribution < -0.4 is 5.32 Å². The maximum Gasteiger partial charge on any atom is 0.263 e. The van der Waals surface area contributed by atoms with Crippen molar-refractivity contribution in [2.45, 2.75) is 11.4 Å². The Morgan fingerprint density at radius 2 is 2.24 bits per heavy atom. The lowest BCUT2D eigenvalue weighted by Gasteiger charge is -2.15. The van der Waals surface area contributed by atoms with E-state index in [1.54, 1.807) is 14.2 Å². The minimum absolute atomic E-state index is 0.00218. The molecule has 0 bridgehead atoms. The normalized spacial score (nSPS) is 11.9. The van der Waals surface area contributed by atoms with Gasteiger partial charge in [0, 0.05) is 34.4 Å². The van der Waals surface area contributed by atoms with E-state index in [9.17, 15) is 13.2 Å². The van der Waals surface area contributed by atoms with Crippen LogP contribution in [-0.2, 0) is 26.6 Å². The Hall–Kier alpha value is -1.16. The van der Waals surface area contributed by atoms with Crippen molar-refractivity contribution < 1.29 is 17.9 Å². The zero-order valence-corrected chi connectivity index (χ0v) is 13.7.